The molecule has 1 N–H and O–H groups in total. The number of rotatable bonds is 6. The summed E-state index contributed by atoms with van der Waals surface area (Å²) in [5.41, 5.74) is 0. The summed E-state index contributed by atoms with van der Waals surface area (Å²) >= 11 is 9.43. The van der Waals surface area contributed by atoms with Gasteiger partial charge in [-0.1, -0.05) is 27.5 Å². The van der Waals surface area contributed by atoms with Crippen molar-refractivity contribution in [2.45, 2.75) is 24.7 Å². The zero-order valence-electron chi connectivity index (χ0n) is 10.5. The van der Waals surface area contributed by atoms with E-state index >= 15 is 0 Å². The molecule has 0 amide bonds. The van der Waals surface area contributed by atoms with Crippen molar-refractivity contribution < 1.29 is 19.3 Å². The molecule has 0 heterocycles. The lowest BCUT2D eigenvalue weighted by atomic mass is 9.88. The maximum Gasteiger partial charge on any atom is 0.139 e. The van der Waals surface area contributed by atoms with E-state index in [2.05, 4.69) is 15.9 Å². The zero-order chi connectivity index (χ0) is 13.8. The third-order valence-corrected chi connectivity index (χ3v) is 3.79. The number of aliphatic hydroxyl groups excluding tert-OH is 1. The second kappa shape index (κ2) is 6.90. The van der Waals surface area contributed by atoms with Gasteiger partial charge in [0.05, 0.1) is 24.3 Å². The fourth-order valence-electron chi connectivity index (χ4n) is 1.89. The third kappa shape index (κ3) is 3.83. The lowest BCUT2D eigenvalue weighted by Crippen LogP contribution is -2.55. The molecular formula is C13H16BrClO4. The largest absolute Gasteiger partial charge is 0.486 e. The van der Waals surface area contributed by atoms with Crippen LogP contribution >= 0.6 is 27.5 Å². The Bertz CT molecular complexity index is 429. The highest BCUT2D eigenvalue weighted by Crippen LogP contribution is 2.34. The van der Waals surface area contributed by atoms with Crippen LogP contribution in [0.3, 0.4) is 0 Å². The van der Waals surface area contributed by atoms with Gasteiger partial charge < -0.3 is 19.3 Å². The number of halogens is 2. The van der Waals surface area contributed by atoms with Gasteiger partial charge in [0.2, 0.25) is 0 Å². The maximum atomic E-state index is 9.69. The van der Waals surface area contributed by atoms with Crippen LogP contribution in [0.15, 0.2) is 22.7 Å². The normalized spacial score (nSPS) is 26.0. The first-order chi connectivity index (χ1) is 9.11. The molecule has 19 heavy (non-hydrogen) atoms. The monoisotopic (exact) mass is 350 g/mol. The molecule has 3 unspecified atom stereocenters. The highest BCUT2D eigenvalue weighted by atomic mass is 79.9. The minimum absolute atomic E-state index is 0.182. The third-order valence-electron chi connectivity index (χ3n) is 2.99. The topological polar surface area (TPSA) is 47.9 Å². The summed E-state index contributed by atoms with van der Waals surface area (Å²) in [4.78, 5) is 0. The number of benzene rings is 1. The molecule has 0 bridgehead atoms. The number of aliphatic hydroxyl groups is 1. The second-order valence-electron chi connectivity index (χ2n) is 4.36. The average molecular weight is 352 g/mol. The summed E-state index contributed by atoms with van der Waals surface area (Å²) in [5, 5.41) is 10.2. The first-order valence-corrected chi connectivity index (χ1v) is 7.19. The molecule has 0 spiro atoms. The van der Waals surface area contributed by atoms with Gasteiger partial charge in [-0.15, -0.1) is 0 Å². The Kier molecular flexibility index (Phi) is 5.47. The van der Waals surface area contributed by atoms with Gasteiger partial charge in [-0.3, -0.25) is 0 Å². The van der Waals surface area contributed by atoms with Crippen molar-refractivity contribution in [3.63, 3.8) is 0 Å². The van der Waals surface area contributed by atoms with Gasteiger partial charge >= 0.3 is 0 Å². The molecule has 1 aromatic carbocycles. The van der Waals surface area contributed by atoms with Crippen molar-refractivity contribution in [3.8, 4) is 5.75 Å². The van der Waals surface area contributed by atoms with Crippen LogP contribution in [-0.2, 0) is 9.47 Å². The van der Waals surface area contributed by atoms with E-state index in [0.717, 1.165) is 4.47 Å². The molecule has 3 atom stereocenters. The number of ether oxygens (including phenoxy) is 3. The van der Waals surface area contributed by atoms with Crippen LogP contribution in [-0.4, -0.2) is 43.7 Å². The van der Waals surface area contributed by atoms with E-state index in [1.807, 2.05) is 6.07 Å². The Balaban J connectivity index is 1.93. The summed E-state index contributed by atoms with van der Waals surface area (Å²) in [5.74, 6) is 0.591. The number of methoxy groups -OCH3 is 1. The van der Waals surface area contributed by atoms with Crippen molar-refractivity contribution in [3.05, 3.63) is 27.7 Å². The van der Waals surface area contributed by atoms with E-state index in [1.165, 1.54) is 0 Å². The summed E-state index contributed by atoms with van der Waals surface area (Å²) in [6.45, 7) is 0.928. The Morgan fingerprint density at radius 2 is 2.21 bits per heavy atom. The van der Waals surface area contributed by atoms with Gasteiger partial charge in [0, 0.05) is 18.0 Å². The van der Waals surface area contributed by atoms with E-state index in [1.54, 1.807) is 19.2 Å². The molecule has 0 radical (unpaired) electrons. The van der Waals surface area contributed by atoms with Crippen LogP contribution in [0.5, 0.6) is 5.75 Å². The maximum absolute atomic E-state index is 9.69. The summed E-state index contributed by atoms with van der Waals surface area (Å²) < 4.78 is 17.1. The van der Waals surface area contributed by atoms with E-state index < -0.39 is 6.10 Å². The Hall–Kier alpha value is -0.330. The highest BCUT2D eigenvalue weighted by molar-refractivity contribution is 9.10. The average Bonchev–Trinajstić information content (AvgIpc) is 2.38. The van der Waals surface area contributed by atoms with E-state index in [4.69, 9.17) is 25.8 Å². The smallest absolute Gasteiger partial charge is 0.139 e. The first kappa shape index (κ1) is 15.1. The first-order valence-electron chi connectivity index (χ1n) is 6.02. The molecule has 0 saturated heterocycles. The quantitative estimate of drug-likeness (QED) is 0.801. The Labute approximate surface area is 125 Å². The molecule has 1 saturated carbocycles. The fraction of sp³-hybridized carbons (Fsp3) is 0.538. The second-order valence-corrected chi connectivity index (χ2v) is 5.69. The van der Waals surface area contributed by atoms with Crippen molar-refractivity contribution >= 4 is 27.5 Å². The van der Waals surface area contributed by atoms with Gasteiger partial charge in [-0.25, -0.2) is 0 Å². The SMILES string of the molecule is COCCOC1C(O)CC1Oc1cc(Br)ccc1Cl. The zero-order valence-corrected chi connectivity index (χ0v) is 12.9. The molecule has 4 nitrogen and oxygen atoms in total. The Morgan fingerprint density at radius 1 is 1.42 bits per heavy atom. The Morgan fingerprint density at radius 3 is 2.89 bits per heavy atom. The van der Waals surface area contributed by atoms with Gasteiger partial charge in [-0.2, -0.15) is 0 Å². The molecule has 106 valence electrons. The van der Waals surface area contributed by atoms with Crippen LogP contribution in [0.2, 0.25) is 5.02 Å². The lowest BCUT2D eigenvalue weighted by Gasteiger charge is -2.40. The van der Waals surface area contributed by atoms with Crippen LogP contribution in [0.1, 0.15) is 6.42 Å². The van der Waals surface area contributed by atoms with Crippen LogP contribution in [0, 0.1) is 0 Å². The lowest BCUT2D eigenvalue weighted by molar-refractivity contribution is -0.167. The predicted octanol–water partition coefficient (Wildman–Crippen LogP) is 2.65. The van der Waals surface area contributed by atoms with E-state index in [-0.39, 0.29) is 12.2 Å². The molecule has 1 aliphatic carbocycles. The van der Waals surface area contributed by atoms with Crippen LogP contribution in [0.25, 0.3) is 0 Å². The van der Waals surface area contributed by atoms with Crippen molar-refractivity contribution in [1.29, 1.82) is 0 Å². The molecule has 1 aliphatic rings. The van der Waals surface area contributed by atoms with Crippen LogP contribution in [0.4, 0.5) is 0 Å². The van der Waals surface area contributed by atoms with Crippen LogP contribution < -0.4 is 4.74 Å². The van der Waals surface area contributed by atoms with Crippen molar-refractivity contribution in [1.82, 2.24) is 0 Å². The molecule has 0 aromatic heterocycles. The fourth-order valence-corrected chi connectivity index (χ4v) is 2.39. The molecule has 1 aromatic rings. The minimum Gasteiger partial charge on any atom is -0.486 e. The number of hydrogen-bond acceptors (Lipinski definition) is 4. The van der Waals surface area contributed by atoms with Gasteiger partial charge in [0.15, 0.2) is 0 Å². The minimum atomic E-state index is -0.493. The van der Waals surface area contributed by atoms with Crippen molar-refractivity contribution in [2.75, 3.05) is 20.3 Å². The molecular weight excluding hydrogens is 335 g/mol. The molecule has 2 rings (SSSR count). The molecule has 0 aliphatic heterocycles. The molecule has 1 fully saturated rings. The molecule has 6 heteroatoms. The van der Waals surface area contributed by atoms with Gasteiger partial charge in [0.1, 0.15) is 18.0 Å². The van der Waals surface area contributed by atoms with E-state index in [9.17, 15) is 5.11 Å². The predicted molar refractivity (Wildman–Crippen MR) is 75.8 cm³/mol. The van der Waals surface area contributed by atoms with E-state index in [0.29, 0.717) is 30.4 Å². The standard InChI is InChI=1S/C13H16BrClO4/c1-17-4-5-18-13-10(16)7-12(13)19-11-6-8(14)2-3-9(11)15/h2-3,6,10,12-13,16H,4-5,7H2,1H3. The summed E-state index contributed by atoms with van der Waals surface area (Å²) in [6.07, 6.45) is -0.461. The summed E-state index contributed by atoms with van der Waals surface area (Å²) in [6, 6.07) is 5.41. The highest BCUT2D eigenvalue weighted by Gasteiger charge is 2.43. The van der Waals surface area contributed by atoms with Crippen molar-refractivity contribution in [2.24, 2.45) is 0 Å². The number of hydrogen-bond donors (Lipinski definition) is 1. The van der Waals surface area contributed by atoms with Gasteiger partial charge in [-0.05, 0) is 18.2 Å². The summed E-state index contributed by atoms with van der Waals surface area (Å²) in [7, 11) is 1.61. The van der Waals surface area contributed by atoms with Gasteiger partial charge in [0.25, 0.3) is 0 Å².